The van der Waals surface area contributed by atoms with Crippen molar-refractivity contribution in [3.63, 3.8) is 0 Å². The standard InChI is InChI=1S/C12H13ClN4O/c13-9-2-1-3-10(6-9)16-12(18)17-5-4-15-8-11(17)7-14/h1-3,6,11,15H,4-5,8H2,(H,16,18). The van der Waals surface area contributed by atoms with Gasteiger partial charge in [-0.1, -0.05) is 17.7 Å². The van der Waals surface area contributed by atoms with Crippen molar-refractivity contribution in [3.8, 4) is 6.07 Å². The van der Waals surface area contributed by atoms with Crippen LogP contribution in [0.2, 0.25) is 5.02 Å². The van der Waals surface area contributed by atoms with Crippen molar-refractivity contribution < 1.29 is 4.79 Å². The number of rotatable bonds is 1. The second-order valence-electron chi connectivity index (χ2n) is 3.98. The van der Waals surface area contributed by atoms with Crippen LogP contribution in [0.25, 0.3) is 0 Å². The topological polar surface area (TPSA) is 68.2 Å². The highest BCUT2D eigenvalue weighted by atomic mass is 35.5. The second-order valence-corrected chi connectivity index (χ2v) is 4.42. The first kappa shape index (κ1) is 12.7. The number of benzene rings is 1. The third-order valence-electron chi connectivity index (χ3n) is 2.73. The summed E-state index contributed by atoms with van der Waals surface area (Å²) in [5.74, 6) is 0. The molecule has 0 spiro atoms. The Morgan fingerprint density at radius 1 is 1.61 bits per heavy atom. The molecule has 1 unspecified atom stereocenters. The number of nitriles is 1. The van der Waals surface area contributed by atoms with Gasteiger partial charge >= 0.3 is 6.03 Å². The van der Waals surface area contributed by atoms with Gasteiger partial charge in [0.05, 0.1) is 6.07 Å². The number of halogens is 1. The summed E-state index contributed by atoms with van der Waals surface area (Å²) < 4.78 is 0. The van der Waals surface area contributed by atoms with Gasteiger partial charge in [-0.25, -0.2) is 4.79 Å². The Labute approximate surface area is 110 Å². The lowest BCUT2D eigenvalue weighted by molar-refractivity contribution is 0.188. The Bertz CT molecular complexity index is 485. The zero-order chi connectivity index (χ0) is 13.0. The van der Waals surface area contributed by atoms with Crippen LogP contribution in [-0.4, -0.2) is 36.6 Å². The summed E-state index contributed by atoms with van der Waals surface area (Å²) >= 11 is 5.84. The molecule has 2 N–H and O–H groups in total. The second kappa shape index (κ2) is 5.71. The number of hydrogen-bond donors (Lipinski definition) is 2. The van der Waals surface area contributed by atoms with Crippen LogP contribution in [0, 0.1) is 11.3 Å². The van der Waals surface area contributed by atoms with Gasteiger partial charge in [0, 0.05) is 30.3 Å². The van der Waals surface area contributed by atoms with E-state index in [4.69, 9.17) is 16.9 Å². The molecule has 1 saturated heterocycles. The fourth-order valence-electron chi connectivity index (χ4n) is 1.82. The van der Waals surface area contributed by atoms with Crippen LogP contribution in [0.15, 0.2) is 24.3 Å². The molecule has 0 aliphatic carbocycles. The van der Waals surface area contributed by atoms with Crippen molar-refractivity contribution in [2.75, 3.05) is 25.0 Å². The Morgan fingerprint density at radius 2 is 2.44 bits per heavy atom. The van der Waals surface area contributed by atoms with Crippen molar-refractivity contribution >= 4 is 23.3 Å². The lowest BCUT2D eigenvalue weighted by Crippen LogP contribution is -2.54. The third kappa shape index (κ3) is 2.92. The van der Waals surface area contributed by atoms with Crippen LogP contribution in [-0.2, 0) is 0 Å². The lowest BCUT2D eigenvalue weighted by Gasteiger charge is -2.31. The first-order chi connectivity index (χ1) is 8.70. The minimum atomic E-state index is -0.432. The number of carbonyl (C=O) groups excluding carboxylic acids is 1. The molecule has 2 rings (SSSR count). The Morgan fingerprint density at radius 3 is 3.17 bits per heavy atom. The molecule has 1 atom stereocenters. The van der Waals surface area contributed by atoms with Gasteiger partial charge in [-0.3, -0.25) is 0 Å². The van der Waals surface area contributed by atoms with E-state index in [0.717, 1.165) is 0 Å². The van der Waals surface area contributed by atoms with E-state index in [2.05, 4.69) is 16.7 Å². The molecule has 1 heterocycles. The van der Waals surface area contributed by atoms with Gasteiger partial charge in [0.1, 0.15) is 6.04 Å². The third-order valence-corrected chi connectivity index (χ3v) is 2.96. The number of carbonyl (C=O) groups is 1. The molecule has 6 heteroatoms. The highest BCUT2D eigenvalue weighted by Gasteiger charge is 2.26. The maximum Gasteiger partial charge on any atom is 0.323 e. The molecule has 1 fully saturated rings. The molecule has 0 radical (unpaired) electrons. The lowest BCUT2D eigenvalue weighted by atomic mass is 10.2. The van der Waals surface area contributed by atoms with Crippen LogP contribution in [0.5, 0.6) is 0 Å². The van der Waals surface area contributed by atoms with Gasteiger partial charge in [-0.15, -0.1) is 0 Å². The molecule has 1 aliphatic heterocycles. The summed E-state index contributed by atoms with van der Waals surface area (Å²) in [5.41, 5.74) is 0.628. The maximum atomic E-state index is 12.0. The van der Waals surface area contributed by atoms with Crippen molar-refractivity contribution in [2.24, 2.45) is 0 Å². The van der Waals surface area contributed by atoms with Gasteiger partial charge in [0.2, 0.25) is 0 Å². The Hall–Kier alpha value is -1.77. The first-order valence-electron chi connectivity index (χ1n) is 5.64. The zero-order valence-electron chi connectivity index (χ0n) is 9.69. The molecule has 18 heavy (non-hydrogen) atoms. The maximum absolute atomic E-state index is 12.0. The number of amides is 2. The van der Waals surface area contributed by atoms with Crippen molar-refractivity contribution in [3.05, 3.63) is 29.3 Å². The molecule has 5 nitrogen and oxygen atoms in total. The molecule has 2 amide bonds. The van der Waals surface area contributed by atoms with Crippen LogP contribution in [0.4, 0.5) is 10.5 Å². The largest absolute Gasteiger partial charge is 0.323 e. The van der Waals surface area contributed by atoms with E-state index in [1.807, 2.05) is 0 Å². The van der Waals surface area contributed by atoms with E-state index in [0.29, 0.717) is 30.3 Å². The van der Waals surface area contributed by atoms with E-state index < -0.39 is 6.04 Å². The van der Waals surface area contributed by atoms with Crippen LogP contribution >= 0.6 is 11.6 Å². The predicted octanol–water partition coefficient (Wildman–Crippen LogP) is 1.67. The van der Waals surface area contributed by atoms with Gasteiger partial charge in [0.15, 0.2) is 0 Å². The monoisotopic (exact) mass is 264 g/mol. The normalized spacial score (nSPS) is 19.1. The van der Waals surface area contributed by atoms with Gasteiger partial charge < -0.3 is 15.5 Å². The molecule has 0 bridgehead atoms. The van der Waals surface area contributed by atoms with Crippen LogP contribution < -0.4 is 10.6 Å². The smallest absolute Gasteiger partial charge is 0.312 e. The van der Waals surface area contributed by atoms with Gasteiger partial charge in [-0.05, 0) is 18.2 Å². The SMILES string of the molecule is N#CC1CNCCN1C(=O)Nc1cccc(Cl)c1. The average molecular weight is 265 g/mol. The number of urea groups is 1. The highest BCUT2D eigenvalue weighted by Crippen LogP contribution is 2.16. The summed E-state index contributed by atoms with van der Waals surface area (Å²) in [7, 11) is 0. The number of hydrogen-bond acceptors (Lipinski definition) is 3. The first-order valence-corrected chi connectivity index (χ1v) is 6.02. The number of anilines is 1. The Kier molecular flexibility index (Phi) is 4.03. The molecule has 0 saturated carbocycles. The quantitative estimate of drug-likeness (QED) is 0.811. The van der Waals surface area contributed by atoms with E-state index >= 15 is 0 Å². The Balaban J connectivity index is 2.05. The average Bonchev–Trinajstić information content (AvgIpc) is 2.38. The number of piperazine rings is 1. The van der Waals surface area contributed by atoms with Crippen LogP contribution in [0.3, 0.4) is 0 Å². The molecule has 1 aliphatic rings. The molecule has 0 aromatic heterocycles. The predicted molar refractivity (Wildman–Crippen MR) is 69.4 cm³/mol. The highest BCUT2D eigenvalue weighted by molar-refractivity contribution is 6.30. The van der Waals surface area contributed by atoms with E-state index in [9.17, 15) is 4.79 Å². The number of nitrogens with one attached hydrogen (secondary N) is 2. The summed E-state index contributed by atoms with van der Waals surface area (Å²) in [4.78, 5) is 13.6. The fraction of sp³-hybridized carbons (Fsp3) is 0.333. The van der Waals surface area contributed by atoms with E-state index in [1.165, 1.54) is 4.90 Å². The molecule has 1 aromatic carbocycles. The summed E-state index contributed by atoms with van der Waals surface area (Å²) in [5, 5.41) is 15.4. The molecule has 94 valence electrons. The van der Waals surface area contributed by atoms with Gasteiger partial charge in [-0.2, -0.15) is 5.26 Å². The van der Waals surface area contributed by atoms with E-state index in [1.54, 1.807) is 24.3 Å². The zero-order valence-corrected chi connectivity index (χ0v) is 10.4. The van der Waals surface area contributed by atoms with E-state index in [-0.39, 0.29) is 6.03 Å². The molecular formula is C12H13ClN4O. The van der Waals surface area contributed by atoms with Crippen LogP contribution in [0.1, 0.15) is 0 Å². The fourth-order valence-corrected chi connectivity index (χ4v) is 2.01. The minimum Gasteiger partial charge on any atom is -0.312 e. The molecule has 1 aromatic rings. The summed E-state index contributed by atoms with van der Waals surface area (Å²) in [6, 6.07) is 8.33. The summed E-state index contributed by atoms with van der Waals surface area (Å²) in [6.45, 7) is 1.71. The van der Waals surface area contributed by atoms with Gasteiger partial charge in [0.25, 0.3) is 0 Å². The van der Waals surface area contributed by atoms with Crippen molar-refractivity contribution in [1.82, 2.24) is 10.2 Å². The summed E-state index contributed by atoms with van der Waals surface area (Å²) in [6.07, 6.45) is 0. The molecular weight excluding hydrogens is 252 g/mol. The minimum absolute atomic E-state index is 0.273. The van der Waals surface area contributed by atoms with Crippen molar-refractivity contribution in [1.29, 1.82) is 5.26 Å². The number of nitrogens with zero attached hydrogens (tertiary/aromatic N) is 2. The van der Waals surface area contributed by atoms with Crippen molar-refractivity contribution in [2.45, 2.75) is 6.04 Å².